The Morgan fingerprint density at radius 2 is 1.90 bits per heavy atom. The zero-order valence-corrected chi connectivity index (χ0v) is 19.8. The number of rotatable bonds is 7. The zero-order chi connectivity index (χ0) is 22.3. The van der Waals surface area contributed by atoms with Gasteiger partial charge in [-0.05, 0) is 61.9 Å². The monoisotopic (exact) mass is 460 g/mol. The van der Waals surface area contributed by atoms with E-state index in [1.165, 1.54) is 16.4 Å². The van der Waals surface area contributed by atoms with Gasteiger partial charge in [0.25, 0.3) is 15.9 Å². The molecule has 2 unspecified atom stereocenters. The molecule has 0 saturated heterocycles. The van der Waals surface area contributed by atoms with Crippen LogP contribution in [0, 0.1) is 5.92 Å². The predicted octanol–water partition coefficient (Wildman–Crippen LogP) is 5.13. The molecule has 0 spiro atoms. The lowest BCUT2D eigenvalue weighted by Crippen LogP contribution is -2.43. The number of para-hydroxylation sites is 1. The highest BCUT2D eigenvalue weighted by Gasteiger charge is 2.38. The van der Waals surface area contributed by atoms with Gasteiger partial charge in [0.05, 0.1) is 10.7 Å². The molecule has 0 radical (unpaired) electrons. The fourth-order valence-corrected chi connectivity index (χ4v) is 6.32. The predicted molar refractivity (Wildman–Crippen MR) is 124 cm³/mol. The molecule has 7 heteroatoms. The summed E-state index contributed by atoms with van der Waals surface area (Å²) in [6.07, 6.45) is 3.63. The van der Waals surface area contributed by atoms with Crippen LogP contribution in [0.5, 0.6) is 0 Å². The number of fused-ring (bicyclic) bond motifs is 1. The highest BCUT2D eigenvalue weighted by atomic mass is 35.5. The van der Waals surface area contributed by atoms with Gasteiger partial charge in [-0.3, -0.25) is 9.10 Å². The van der Waals surface area contributed by atoms with Crippen LogP contribution in [-0.2, 0) is 16.4 Å². The van der Waals surface area contributed by atoms with Crippen molar-refractivity contribution >= 4 is 33.2 Å². The van der Waals surface area contributed by atoms with Gasteiger partial charge in [-0.2, -0.15) is 0 Å². The Labute approximate surface area is 190 Å². The summed E-state index contributed by atoms with van der Waals surface area (Å²) in [5.41, 5.74) is 2.05. The van der Waals surface area contributed by atoms with Crippen molar-refractivity contribution in [2.24, 2.45) is 5.92 Å². The van der Waals surface area contributed by atoms with Crippen LogP contribution in [0.15, 0.2) is 47.4 Å². The molecule has 1 fully saturated rings. The summed E-state index contributed by atoms with van der Waals surface area (Å²) in [5.74, 6) is 0.242. The molecular formula is C24H29ClN2O3S. The molecular weight excluding hydrogens is 432 g/mol. The lowest BCUT2D eigenvalue weighted by molar-refractivity contribution is 0.0615. The normalized spacial score (nSPS) is 17.9. The van der Waals surface area contributed by atoms with Crippen molar-refractivity contribution in [3.05, 3.63) is 58.6 Å². The average molecular weight is 461 g/mol. The first-order valence-electron chi connectivity index (χ1n) is 11.0. The van der Waals surface area contributed by atoms with Crippen LogP contribution in [0.25, 0.3) is 0 Å². The summed E-state index contributed by atoms with van der Waals surface area (Å²) in [4.78, 5) is 15.4. The third-order valence-electron chi connectivity index (χ3n) is 6.67. The quantitative estimate of drug-likeness (QED) is 0.575. The van der Waals surface area contributed by atoms with Crippen molar-refractivity contribution in [3.8, 4) is 0 Å². The van der Waals surface area contributed by atoms with E-state index in [1.807, 2.05) is 29.2 Å². The van der Waals surface area contributed by atoms with Crippen molar-refractivity contribution in [1.82, 2.24) is 4.90 Å². The third kappa shape index (κ3) is 4.08. The minimum atomic E-state index is -3.88. The van der Waals surface area contributed by atoms with Crippen molar-refractivity contribution in [2.45, 2.75) is 63.4 Å². The molecule has 2 aromatic carbocycles. The molecule has 31 heavy (non-hydrogen) atoms. The van der Waals surface area contributed by atoms with E-state index in [0.717, 1.165) is 24.8 Å². The summed E-state index contributed by atoms with van der Waals surface area (Å²) in [7, 11) is -3.88. The van der Waals surface area contributed by atoms with Crippen LogP contribution >= 0.6 is 11.6 Å². The van der Waals surface area contributed by atoms with Gasteiger partial charge in [-0.25, -0.2) is 8.42 Å². The smallest absolute Gasteiger partial charge is 0.265 e. The molecule has 2 atom stereocenters. The maximum Gasteiger partial charge on any atom is 0.265 e. The van der Waals surface area contributed by atoms with E-state index in [1.54, 1.807) is 6.07 Å². The van der Waals surface area contributed by atoms with Gasteiger partial charge in [-0.15, -0.1) is 0 Å². The number of halogens is 1. The maximum absolute atomic E-state index is 13.5. The van der Waals surface area contributed by atoms with Gasteiger partial charge in [0.15, 0.2) is 0 Å². The van der Waals surface area contributed by atoms with Gasteiger partial charge in [0.1, 0.15) is 4.90 Å². The van der Waals surface area contributed by atoms with E-state index in [2.05, 4.69) is 20.8 Å². The van der Waals surface area contributed by atoms with Crippen LogP contribution in [0.2, 0.25) is 5.02 Å². The number of nitrogens with zero attached hydrogens (tertiary/aromatic N) is 2. The Kier molecular flexibility index (Phi) is 6.05. The maximum atomic E-state index is 13.5. The molecule has 1 aliphatic heterocycles. The number of carbonyl (C=O) groups is 1. The molecule has 1 saturated carbocycles. The number of benzene rings is 2. The second-order valence-corrected chi connectivity index (χ2v) is 10.9. The number of carbonyl (C=O) groups excluding carboxylic acids is 1. The van der Waals surface area contributed by atoms with Crippen molar-refractivity contribution < 1.29 is 13.2 Å². The lowest BCUT2D eigenvalue weighted by atomic mass is 9.98. The molecule has 0 bridgehead atoms. The van der Waals surface area contributed by atoms with E-state index in [4.69, 9.17) is 11.6 Å². The van der Waals surface area contributed by atoms with Crippen LogP contribution in [0.1, 0.15) is 56.0 Å². The highest BCUT2D eigenvalue weighted by Crippen LogP contribution is 2.37. The molecule has 166 valence electrons. The first kappa shape index (κ1) is 22.2. The molecule has 5 nitrogen and oxygen atoms in total. The lowest BCUT2D eigenvalue weighted by Gasteiger charge is -2.33. The van der Waals surface area contributed by atoms with Gasteiger partial charge in [0, 0.05) is 24.2 Å². The molecule has 0 aromatic heterocycles. The average Bonchev–Trinajstić information content (AvgIpc) is 3.49. The molecule has 2 aliphatic rings. The Hall–Kier alpha value is -2.05. The first-order chi connectivity index (χ1) is 14.8. The molecule has 4 rings (SSSR count). The largest absolute Gasteiger partial charge is 0.333 e. The third-order valence-corrected chi connectivity index (χ3v) is 8.97. The minimum absolute atomic E-state index is 0.0105. The summed E-state index contributed by atoms with van der Waals surface area (Å²) in [6.45, 7) is 6.72. The first-order valence-corrected chi connectivity index (χ1v) is 12.8. The summed E-state index contributed by atoms with van der Waals surface area (Å²) < 4.78 is 28.4. The molecule has 1 heterocycles. The fraction of sp³-hybridized carbons (Fsp3) is 0.458. The number of amides is 1. The van der Waals surface area contributed by atoms with Crippen LogP contribution in [0.4, 0.5) is 5.69 Å². The summed E-state index contributed by atoms with van der Waals surface area (Å²) >= 11 is 6.35. The number of sulfonamides is 1. The highest BCUT2D eigenvalue weighted by molar-refractivity contribution is 7.93. The minimum Gasteiger partial charge on any atom is -0.333 e. The number of anilines is 1. The van der Waals surface area contributed by atoms with Crippen molar-refractivity contribution in [3.63, 3.8) is 0 Å². The van der Waals surface area contributed by atoms with E-state index in [9.17, 15) is 13.2 Å². The van der Waals surface area contributed by atoms with E-state index < -0.39 is 10.0 Å². The van der Waals surface area contributed by atoms with Crippen molar-refractivity contribution in [1.29, 1.82) is 0 Å². The fourth-order valence-electron chi connectivity index (χ4n) is 4.31. The topological polar surface area (TPSA) is 57.7 Å². The van der Waals surface area contributed by atoms with E-state index >= 15 is 0 Å². The van der Waals surface area contributed by atoms with Gasteiger partial charge < -0.3 is 4.90 Å². The van der Waals surface area contributed by atoms with Gasteiger partial charge in [0.2, 0.25) is 0 Å². The second-order valence-electron chi connectivity index (χ2n) is 8.67. The Balaban J connectivity index is 1.70. The van der Waals surface area contributed by atoms with Crippen LogP contribution < -0.4 is 4.31 Å². The standard InChI is InChI=1S/C24H29ClN2O3S/c1-4-16(2)17(3)27(20-10-11-20)24(28)19-9-12-21(25)23(15-19)31(29,30)26-14-13-18-7-5-6-8-22(18)26/h5-9,12,15-17,20H,4,10-11,13-14H2,1-3H3. The zero-order valence-electron chi connectivity index (χ0n) is 18.2. The van der Waals surface area contributed by atoms with Crippen LogP contribution in [-0.4, -0.2) is 37.9 Å². The number of hydrogen-bond donors (Lipinski definition) is 0. The second kappa shape index (κ2) is 8.47. The number of hydrogen-bond acceptors (Lipinski definition) is 3. The Morgan fingerprint density at radius 3 is 2.58 bits per heavy atom. The Morgan fingerprint density at radius 1 is 1.19 bits per heavy atom. The molecule has 1 aliphatic carbocycles. The summed E-state index contributed by atoms with van der Waals surface area (Å²) in [5, 5.41) is 0.133. The molecule has 2 aromatic rings. The van der Waals surface area contributed by atoms with Crippen LogP contribution in [0.3, 0.4) is 0 Å². The molecule has 0 N–H and O–H groups in total. The van der Waals surface area contributed by atoms with Gasteiger partial charge >= 0.3 is 0 Å². The Bertz CT molecular complexity index is 1100. The molecule has 1 amide bonds. The van der Waals surface area contributed by atoms with Crippen molar-refractivity contribution in [2.75, 3.05) is 10.8 Å². The van der Waals surface area contributed by atoms with Gasteiger partial charge in [-0.1, -0.05) is 50.1 Å². The van der Waals surface area contributed by atoms with E-state index in [-0.39, 0.29) is 27.9 Å². The summed E-state index contributed by atoms with van der Waals surface area (Å²) in [6, 6.07) is 12.4. The SMILES string of the molecule is CCC(C)C(C)N(C(=O)c1ccc(Cl)c(S(=O)(=O)N2CCc3ccccc32)c1)C1CC1. The van der Waals surface area contributed by atoms with E-state index in [0.29, 0.717) is 30.1 Å².